The van der Waals surface area contributed by atoms with Crippen molar-refractivity contribution >= 4 is 27.5 Å². The van der Waals surface area contributed by atoms with E-state index in [1.807, 2.05) is 0 Å². The fourth-order valence-electron chi connectivity index (χ4n) is 3.38. The van der Waals surface area contributed by atoms with Crippen molar-refractivity contribution in [1.82, 2.24) is 9.55 Å². The van der Waals surface area contributed by atoms with Crippen LogP contribution in [0.3, 0.4) is 0 Å². The number of aromatic nitrogens is 2. The molecule has 1 aliphatic rings. The summed E-state index contributed by atoms with van der Waals surface area (Å²) in [6, 6.07) is 0. The average Bonchev–Trinajstić information content (AvgIpc) is 2.95. The second kappa shape index (κ2) is 8.13. The SMILES string of the molecule is CCCCCCOC(=O)Cn1cnc2sc3c(c2c1=O)CC[C@@H](C)C3. The summed E-state index contributed by atoms with van der Waals surface area (Å²) in [7, 11) is 0. The molecule has 1 aliphatic carbocycles. The lowest BCUT2D eigenvalue weighted by Gasteiger charge is -2.17. The highest BCUT2D eigenvalue weighted by molar-refractivity contribution is 7.18. The van der Waals surface area contributed by atoms with E-state index in [0.717, 1.165) is 55.3 Å². The first-order valence-electron chi connectivity index (χ1n) is 9.25. The van der Waals surface area contributed by atoms with Crippen molar-refractivity contribution in [2.24, 2.45) is 5.92 Å². The number of hydrogen-bond donors (Lipinski definition) is 0. The molecule has 2 aromatic rings. The molecule has 0 saturated heterocycles. The Bertz CT molecular complexity index is 809. The van der Waals surface area contributed by atoms with Gasteiger partial charge in [-0.1, -0.05) is 33.1 Å². The molecule has 0 N–H and O–H groups in total. The monoisotopic (exact) mass is 362 g/mol. The molecule has 0 fully saturated rings. The van der Waals surface area contributed by atoms with Gasteiger partial charge in [-0.15, -0.1) is 11.3 Å². The number of rotatable bonds is 7. The molecule has 6 heteroatoms. The minimum atomic E-state index is -0.363. The molecular formula is C19H26N2O3S. The number of carbonyl (C=O) groups excluding carboxylic acids is 1. The molecule has 0 aromatic carbocycles. The van der Waals surface area contributed by atoms with Gasteiger partial charge >= 0.3 is 5.97 Å². The molecule has 0 radical (unpaired) electrons. The smallest absolute Gasteiger partial charge is 0.326 e. The lowest BCUT2D eigenvalue weighted by molar-refractivity contribution is -0.144. The van der Waals surface area contributed by atoms with Gasteiger partial charge in [-0.2, -0.15) is 0 Å². The van der Waals surface area contributed by atoms with E-state index in [2.05, 4.69) is 18.8 Å². The fourth-order valence-corrected chi connectivity index (χ4v) is 4.72. The second-order valence-corrected chi connectivity index (χ2v) is 8.07. The van der Waals surface area contributed by atoms with Crippen LogP contribution in [0.2, 0.25) is 0 Å². The van der Waals surface area contributed by atoms with Gasteiger partial charge < -0.3 is 4.74 Å². The van der Waals surface area contributed by atoms with E-state index in [9.17, 15) is 9.59 Å². The first-order chi connectivity index (χ1) is 12.1. The van der Waals surface area contributed by atoms with Gasteiger partial charge in [0, 0.05) is 4.88 Å². The topological polar surface area (TPSA) is 61.2 Å². The van der Waals surface area contributed by atoms with E-state index in [-0.39, 0.29) is 18.1 Å². The van der Waals surface area contributed by atoms with Crippen LogP contribution in [0.25, 0.3) is 10.2 Å². The van der Waals surface area contributed by atoms with Gasteiger partial charge in [-0.25, -0.2) is 4.98 Å². The van der Waals surface area contributed by atoms with E-state index in [1.165, 1.54) is 15.8 Å². The number of fused-ring (bicyclic) bond motifs is 3. The minimum Gasteiger partial charge on any atom is -0.464 e. The maximum absolute atomic E-state index is 12.8. The Morgan fingerprint density at radius 1 is 1.40 bits per heavy atom. The predicted octanol–water partition coefficient (Wildman–Crippen LogP) is 3.71. The van der Waals surface area contributed by atoms with Gasteiger partial charge in [-0.05, 0) is 37.2 Å². The second-order valence-electron chi connectivity index (χ2n) is 6.99. The summed E-state index contributed by atoms with van der Waals surface area (Å²) >= 11 is 1.63. The van der Waals surface area contributed by atoms with Gasteiger partial charge in [0.1, 0.15) is 11.4 Å². The van der Waals surface area contributed by atoms with Crippen LogP contribution in [0.4, 0.5) is 0 Å². The van der Waals surface area contributed by atoms with E-state index in [0.29, 0.717) is 17.9 Å². The molecule has 0 spiro atoms. The van der Waals surface area contributed by atoms with Crippen molar-refractivity contribution in [3.8, 4) is 0 Å². The number of nitrogens with zero attached hydrogens (tertiary/aromatic N) is 2. The Labute approximate surface area is 152 Å². The molecule has 25 heavy (non-hydrogen) atoms. The van der Waals surface area contributed by atoms with Gasteiger partial charge in [0.15, 0.2) is 0 Å². The van der Waals surface area contributed by atoms with Crippen LogP contribution in [0.1, 0.15) is 56.4 Å². The third-order valence-electron chi connectivity index (χ3n) is 4.84. The lowest BCUT2D eigenvalue weighted by Crippen LogP contribution is -2.26. The molecule has 3 rings (SSSR count). The summed E-state index contributed by atoms with van der Waals surface area (Å²) in [4.78, 5) is 31.3. The molecule has 0 saturated carbocycles. The van der Waals surface area contributed by atoms with Gasteiger partial charge in [0.2, 0.25) is 0 Å². The van der Waals surface area contributed by atoms with Gasteiger partial charge in [0.25, 0.3) is 5.56 Å². The van der Waals surface area contributed by atoms with Crippen molar-refractivity contribution in [2.45, 2.75) is 65.3 Å². The molecule has 2 heterocycles. The number of hydrogen-bond acceptors (Lipinski definition) is 5. The highest BCUT2D eigenvalue weighted by Gasteiger charge is 2.23. The molecule has 136 valence electrons. The zero-order valence-electron chi connectivity index (χ0n) is 15.0. The van der Waals surface area contributed by atoms with Crippen molar-refractivity contribution in [3.63, 3.8) is 0 Å². The van der Waals surface area contributed by atoms with Gasteiger partial charge in [0.05, 0.1) is 18.3 Å². The first-order valence-corrected chi connectivity index (χ1v) is 10.1. The van der Waals surface area contributed by atoms with E-state index in [4.69, 9.17) is 4.74 Å². The van der Waals surface area contributed by atoms with Gasteiger partial charge in [-0.3, -0.25) is 14.2 Å². The van der Waals surface area contributed by atoms with Crippen molar-refractivity contribution in [3.05, 3.63) is 27.1 Å². The Morgan fingerprint density at radius 2 is 2.24 bits per heavy atom. The average molecular weight is 362 g/mol. The number of esters is 1. The number of aryl methyl sites for hydroxylation is 1. The predicted molar refractivity (Wildman–Crippen MR) is 100 cm³/mol. The van der Waals surface area contributed by atoms with Crippen molar-refractivity contribution in [2.75, 3.05) is 6.61 Å². The van der Waals surface area contributed by atoms with Crippen LogP contribution in [-0.2, 0) is 28.9 Å². The molecule has 5 nitrogen and oxygen atoms in total. The third kappa shape index (κ3) is 4.11. The number of carbonyl (C=O) groups is 1. The summed E-state index contributed by atoms with van der Waals surface area (Å²) in [5.41, 5.74) is 1.04. The zero-order valence-corrected chi connectivity index (χ0v) is 15.9. The maximum Gasteiger partial charge on any atom is 0.326 e. The normalized spacial score (nSPS) is 16.8. The Balaban J connectivity index is 1.71. The van der Waals surface area contributed by atoms with Crippen molar-refractivity contribution < 1.29 is 9.53 Å². The number of unbranched alkanes of at least 4 members (excludes halogenated alkanes) is 3. The summed E-state index contributed by atoms with van der Waals surface area (Å²) in [5.74, 6) is 0.294. The molecule has 0 unspecified atom stereocenters. The summed E-state index contributed by atoms with van der Waals surface area (Å²) < 4.78 is 6.63. The minimum absolute atomic E-state index is 0.0590. The largest absolute Gasteiger partial charge is 0.464 e. The lowest BCUT2D eigenvalue weighted by atomic mass is 9.89. The van der Waals surface area contributed by atoms with Crippen LogP contribution in [0.15, 0.2) is 11.1 Å². The molecule has 1 atom stereocenters. The van der Waals surface area contributed by atoms with Crippen LogP contribution in [0, 0.1) is 5.92 Å². The Kier molecular flexibility index (Phi) is 5.89. The van der Waals surface area contributed by atoms with E-state index in [1.54, 1.807) is 11.3 Å². The molecule has 2 aromatic heterocycles. The first kappa shape index (κ1) is 18.1. The number of ether oxygens (including phenoxy) is 1. The van der Waals surface area contributed by atoms with Crippen molar-refractivity contribution in [1.29, 1.82) is 0 Å². The summed E-state index contributed by atoms with van der Waals surface area (Å²) in [6.07, 6.45) is 8.78. The Morgan fingerprint density at radius 3 is 3.04 bits per heavy atom. The summed E-state index contributed by atoms with van der Waals surface area (Å²) in [6.45, 7) is 4.76. The third-order valence-corrected chi connectivity index (χ3v) is 6.00. The maximum atomic E-state index is 12.8. The van der Waals surface area contributed by atoms with Crippen LogP contribution in [-0.4, -0.2) is 22.1 Å². The van der Waals surface area contributed by atoms with Crippen LogP contribution in [0.5, 0.6) is 0 Å². The zero-order chi connectivity index (χ0) is 17.8. The number of thiophene rings is 1. The standard InChI is InChI=1S/C19H26N2O3S/c1-3-4-5-6-9-24-16(22)11-21-12-20-18-17(19(21)23)14-8-7-13(2)10-15(14)25-18/h12-13H,3-11H2,1-2H3/t13-/m1/s1. The molecule has 0 amide bonds. The fraction of sp³-hybridized carbons (Fsp3) is 0.632. The highest BCUT2D eigenvalue weighted by Crippen LogP contribution is 2.35. The van der Waals surface area contributed by atoms with E-state index < -0.39 is 0 Å². The highest BCUT2D eigenvalue weighted by atomic mass is 32.1. The quantitative estimate of drug-likeness (QED) is 0.556. The van der Waals surface area contributed by atoms with Crippen LogP contribution >= 0.6 is 11.3 Å². The molecule has 0 aliphatic heterocycles. The van der Waals surface area contributed by atoms with Crippen LogP contribution < -0.4 is 5.56 Å². The molecular weight excluding hydrogens is 336 g/mol. The Hall–Kier alpha value is -1.69. The molecule has 0 bridgehead atoms. The van der Waals surface area contributed by atoms with E-state index >= 15 is 0 Å². The summed E-state index contributed by atoms with van der Waals surface area (Å²) in [5, 5.41) is 0.713.